The molecule has 0 bridgehead atoms. The van der Waals surface area contributed by atoms with Gasteiger partial charge in [-0.3, -0.25) is 9.78 Å². The van der Waals surface area contributed by atoms with Crippen LogP contribution in [0, 0.1) is 0 Å². The molecule has 3 rings (SSSR count). The van der Waals surface area contributed by atoms with Crippen LogP contribution in [-0.2, 0) is 4.79 Å². The highest BCUT2D eigenvalue weighted by Crippen LogP contribution is 2.21. The van der Waals surface area contributed by atoms with Crippen molar-refractivity contribution in [2.75, 3.05) is 11.9 Å². The molecule has 7 N–H and O–H groups in total. The van der Waals surface area contributed by atoms with Gasteiger partial charge in [-0.25, -0.2) is 0 Å². The lowest BCUT2D eigenvalue weighted by molar-refractivity contribution is -0.369. The van der Waals surface area contributed by atoms with Crippen molar-refractivity contribution in [1.82, 2.24) is 4.98 Å². The maximum Gasteiger partial charge on any atom is 0.402 e. The van der Waals surface area contributed by atoms with Crippen LogP contribution in [0.5, 0.6) is 0 Å². The van der Waals surface area contributed by atoms with Gasteiger partial charge in [-0.2, -0.15) is 0 Å². The number of amides is 1. The van der Waals surface area contributed by atoms with Gasteiger partial charge >= 0.3 is 6.75 Å². The van der Waals surface area contributed by atoms with Gasteiger partial charge < -0.3 is 26.1 Å². The summed E-state index contributed by atoms with van der Waals surface area (Å²) < 4.78 is 0. The summed E-state index contributed by atoms with van der Waals surface area (Å²) >= 11 is 0. The fourth-order valence-electron chi connectivity index (χ4n) is 2.83. The molecule has 2 aromatic carbocycles. The van der Waals surface area contributed by atoms with Crippen LogP contribution in [0.25, 0.3) is 10.8 Å². The van der Waals surface area contributed by atoms with E-state index >= 15 is 0 Å². The molecule has 0 saturated heterocycles. The molecule has 1 unspecified atom stereocenters. The van der Waals surface area contributed by atoms with Crippen molar-refractivity contribution in [2.45, 2.75) is 5.92 Å². The molecule has 0 saturated carbocycles. The molecule has 8 heteroatoms. The fourth-order valence-corrected chi connectivity index (χ4v) is 2.83. The summed E-state index contributed by atoms with van der Waals surface area (Å²) in [6.07, 6.45) is 3.45. The Morgan fingerprint density at radius 1 is 1.08 bits per heavy atom. The first-order chi connectivity index (χ1) is 12.4. The first kappa shape index (κ1) is 18.0. The van der Waals surface area contributed by atoms with Gasteiger partial charge in [-0.05, 0) is 29.1 Å². The number of aromatic nitrogens is 1. The van der Waals surface area contributed by atoms with Gasteiger partial charge in [0.15, 0.2) is 0 Å². The number of nitrogens with one attached hydrogen (secondary N) is 1. The van der Waals surface area contributed by atoms with E-state index in [0.29, 0.717) is 17.8 Å². The van der Waals surface area contributed by atoms with Crippen molar-refractivity contribution in [3.63, 3.8) is 0 Å². The van der Waals surface area contributed by atoms with Crippen molar-refractivity contribution < 1.29 is 25.6 Å². The van der Waals surface area contributed by atoms with E-state index in [4.69, 9.17) is 0 Å². The maximum absolute atomic E-state index is 12.7. The zero-order valence-electron chi connectivity index (χ0n) is 14.0. The van der Waals surface area contributed by atoms with Crippen LogP contribution in [0.4, 0.5) is 5.69 Å². The van der Waals surface area contributed by atoms with E-state index in [1.807, 2.05) is 24.3 Å². The number of benzene rings is 2. The predicted octanol–water partition coefficient (Wildman–Crippen LogP) is -0.678. The fraction of sp³-hybridized carbons (Fsp3) is 0.111. The molecule has 1 amide bonds. The minimum atomic E-state index is -3.55. The van der Waals surface area contributed by atoms with Gasteiger partial charge in [0.1, 0.15) is 5.92 Å². The number of carbonyl (C=O) groups excluding carboxylic acids is 1. The monoisotopic (exact) mass is 353 g/mol. The topological polar surface area (TPSA) is 130 Å². The van der Waals surface area contributed by atoms with Crippen LogP contribution in [0.1, 0.15) is 11.5 Å². The number of fused-ring (bicyclic) bond motifs is 1. The molecule has 1 aromatic heterocycles. The third-order valence-electron chi connectivity index (χ3n) is 4.30. The molecule has 7 nitrogen and oxygen atoms in total. The average molecular weight is 353 g/mol. The normalized spacial score (nSPS) is 12.8. The molecule has 0 aliphatic heterocycles. The molecule has 1 atom stereocenters. The van der Waals surface area contributed by atoms with E-state index in [1.54, 1.807) is 24.5 Å². The number of anilines is 1. The van der Waals surface area contributed by atoms with Gasteiger partial charge in [0.2, 0.25) is 5.91 Å². The van der Waals surface area contributed by atoms with Crippen LogP contribution >= 0.6 is 0 Å². The zero-order valence-corrected chi connectivity index (χ0v) is 14.0. The van der Waals surface area contributed by atoms with E-state index in [9.17, 15) is 19.9 Å². The molecule has 0 aliphatic carbocycles. The first-order valence-corrected chi connectivity index (χ1v) is 8.24. The molecular formula is C18H20BN3O4. The Morgan fingerprint density at radius 3 is 2.46 bits per heavy atom. The van der Waals surface area contributed by atoms with Crippen molar-refractivity contribution in [3.05, 3.63) is 66.5 Å². The minimum absolute atomic E-state index is 0.0138. The molecule has 0 radical (unpaired) electrons. The highest BCUT2D eigenvalue weighted by atomic mass is 16.5. The third kappa shape index (κ3) is 3.89. The number of nitrogens with zero attached hydrogens (tertiary/aromatic N) is 1. The van der Waals surface area contributed by atoms with Crippen LogP contribution in [0.3, 0.4) is 0 Å². The second-order valence-electron chi connectivity index (χ2n) is 6.17. The summed E-state index contributed by atoms with van der Waals surface area (Å²) in [6, 6.07) is 13.4. The van der Waals surface area contributed by atoms with Crippen molar-refractivity contribution in [1.29, 1.82) is 0 Å². The maximum atomic E-state index is 12.7. The molecule has 0 fully saturated rings. The van der Waals surface area contributed by atoms with E-state index in [1.165, 1.54) is 12.1 Å². The number of carbonyl (C=O) groups is 1. The highest BCUT2D eigenvalue weighted by molar-refractivity contribution is 6.71. The lowest BCUT2D eigenvalue weighted by Crippen LogP contribution is -2.55. The van der Waals surface area contributed by atoms with Gasteiger partial charge in [0.05, 0.1) is 6.54 Å². The molecule has 3 aromatic rings. The summed E-state index contributed by atoms with van der Waals surface area (Å²) in [5.74, 6) is -0.718. The van der Waals surface area contributed by atoms with Crippen LogP contribution in [-0.4, -0.2) is 39.3 Å². The second-order valence-corrected chi connectivity index (χ2v) is 6.17. The van der Waals surface area contributed by atoms with Crippen molar-refractivity contribution >= 4 is 34.6 Å². The molecule has 0 aliphatic rings. The van der Waals surface area contributed by atoms with E-state index in [-0.39, 0.29) is 11.4 Å². The second kappa shape index (κ2) is 7.23. The summed E-state index contributed by atoms with van der Waals surface area (Å²) in [5.41, 5.74) is 5.16. The van der Waals surface area contributed by atoms with E-state index in [2.05, 4.69) is 16.0 Å². The largest absolute Gasteiger partial charge is 0.556 e. The third-order valence-corrected chi connectivity index (χ3v) is 4.30. The zero-order chi connectivity index (χ0) is 18.7. The number of hydrogen-bond acceptors (Lipinski definition) is 5. The first-order valence-electron chi connectivity index (χ1n) is 8.24. The van der Waals surface area contributed by atoms with Crippen LogP contribution < -0.4 is 16.5 Å². The number of rotatable bonds is 5. The van der Waals surface area contributed by atoms with Crippen LogP contribution in [0.2, 0.25) is 0 Å². The smallest absolute Gasteiger partial charge is 0.402 e. The standard InChI is InChI=1S/C18H19BN3O4/c20-10-17(12-1-4-15(5-2-12)19(24,25)26)18(23)22-16-6-3-14-11-21-8-7-13(14)9-16/h1-9,11,17,24-26H,10,20H2,(H,22,23)/q-1/p+1. The molecule has 1 heterocycles. The summed E-state index contributed by atoms with van der Waals surface area (Å²) in [4.78, 5) is 16.7. The van der Waals surface area contributed by atoms with Gasteiger partial charge in [0.25, 0.3) is 0 Å². The van der Waals surface area contributed by atoms with Gasteiger partial charge in [-0.15, -0.1) is 5.46 Å². The molecule has 134 valence electrons. The number of pyridine rings is 1. The lowest BCUT2D eigenvalue weighted by Gasteiger charge is -2.22. The average Bonchev–Trinajstić information content (AvgIpc) is 2.62. The Labute approximate surface area is 150 Å². The Kier molecular flexibility index (Phi) is 5.01. The van der Waals surface area contributed by atoms with E-state index in [0.717, 1.165) is 10.8 Å². The molecule has 26 heavy (non-hydrogen) atoms. The Hall–Kier alpha value is -2.78. The number of hydrogen-bond donors (Lipinski definition) is 5. The summed E-state index contributed by atoms with van der Waals surface area (Å²) in [7, 11) is 0. The SMILES string of the molecule is [NH3+]CC(C(=O)Nc1ccc2cnccc2c1)c1ccc([B-](O)(O)O)cc1. The van der Waals surface area contributed by atoms with Crippen LogP contribution in [0.15, 0.2) is 60.9 Å². The highest BCUT2D eigenvalue weighted by Gasteiger charge is 2.23. The molecular weight excluding hydrogens is 333 g/mol. The van der Waals surface area contributed by atoms with E-state index < -0.39 is 12.7 Å². The number of quaternary nitrogens is 1. The minimum Gasteiger partial charge on any atom is -0.556 e. The van der Waals surface area contributed by atoms with Crippen molar-refractivity contribution in [3.8, 4) is 0 Å². The lowest BCUT2D eigenvalue weighted by atomic mass is 9.71. The molecule has 0 spiro atoms. The predicted molar refractivity (Wildman–Crippen MR) is 99.4 cm³/mol. The summed E-state index contributed by atoms with van der Waals surface area (Å²) in [6.45, 7) is -3.22. The van der Waals surface area contributed by atoms with Gasteiger partial charge in [0, 0.05) is 23.5 Å². The Bertz CT molecular complexity index is 926. The Balaban J connectivity index is 1.79. The van der Waals surface area contributed by atoms with Crippen molar-refractivity contribution in [2.24, 2.45) is 0 Å². The quantitative estimate of drug-likeness (QED) is 0.388. The van der Waals surface area contributed by atoms with Gasteiger partial charge in [-0.1, -0.05) is 30.3 Å². The Morgan fingerprint density at radius 2 is 1.81 bits per heavy atom. The summed E-state index contributed by atoms with van der Waals surface area (Å²) in [5, 5.41) is 32.6.